The molecule has 0 N–H and O–H groups in total. The number of hydrogen-bond donors (Lipinski definition) is 0. The van der Waals surface area contributed by atoms with E-state index < -0.39 is 0 Å². The topological polar surface area (TPSA) is 28.5 Å². The number of aromatic nitrogens is 1. The van der Waals surface area contributed by atoms with E-state index in [0.29, 0.717) is 6.04 Å². The molecule has 1 aromatic heterocycles. The van der Waals surface area contributed by atoms with Crippen molar-refractivity contribution in [2.75, 3.05) is 5.75 Å². The van der Waals surface area contributed by atoms with Crippen LogP contribution in [0.25, 0.3) is 0 Å². The molecule has 1 saturated heterocycles. The zero-order chi connectivity index (χ0) is 16.5. The molecule has 0 amide bonds. The third-order valence-electron chi connectivity index (χ3n) is 5.06. The first-order valence-corrected chi connectivity index (χ1v) is 9.79. The number of amidine groups is 1. The Hall–Kier alpha value is -1.81. The van der Waals surface area contributed by atoms with Crippen LogP contribution in [0.15, 0.2) is 53.7 Å². The van der Waals surface area contributed by atoms with Gasteiger partial charge in [-0.05, 0) is 36.1 Å². The number of hydrogen-bond acceptors (Lipinski definition) is 4. The zero-order valence-corrected chi connectivity index (χ0v) is 15.0. The summed E-state index contributed by atoms with van der Waals surface area (Å²) < 4.78 is 0. The number of benzene rings is 1. The minimum absolute atomic E-state index is 0.0931. The van der Waals surface area contributed by atoms with E-state index in [1.54, 1.807) is 0 Å². The van der Waals surface area contributed by atoms with Crippen LogP contribution in [0.4, 0.5) is 0 Å². The van der Waals surface area contributed by atoms with Gasteiger partial charge < -0.3 is 4.90 Å². The van der Waals surface area contributed by atoms with Crippen LogP contribution in [0.2, 0.25) is 0 Å². The molecular weight excluding hydrogens is 314 g/mol. The molecule has 24 heavy (non-hydrogen) atoms. The van der Waals surface area contributed by atoms with Crippen LogP contribution in [0.3, 0.4) is 0 Å². The SMILES string of the molecule is CCc1ccc([C@@H]2[C@@H](c3ccccn3)N=C3SC[C@@H](CC)N32)cc1. The number of aliphatic imine (C=N–C) groups is 1. The number of fused-ring (bicyclic) bond motifs is 1. The minimum Gasteiger partial charge on any atom is -0.338 e. The van der Waals surface area contributed by atoms with Crippen molar-refractivity contribution in [2.45, 2.75) is 44.8 Å². The van der Waals surface area contributed by atoms with Gasteiger partial charge >= 0.3 is 0 Å². The van der Waals surface area contributed by atoms with Gasteiger partial charge in [-0.2, -0.15) is 0 Å². The van der Waals surface area contributed by atoms with Crippen LogP contribution < -0.4 is 0 Å². The Morgan fingerprint density at radius 3 is 2.62 bits per heavy atom. The molecule has 2 aromatic rings. The maximum absolute atomic E-state index is 5.06. The van der Waals surface area contributed by atoms with Crippen molar-refractivity contribution >= 4 is 16.9 Å². The van der Waals surface area contributed by atoms with Gasteiger partial charge in [0.15, 0.2) is 5.17 Å². The van der Waals surface area contributed by atoms with Gasteiger partial charge in [-0.25, -0.2) is 0 Å². The third-order valence-corrected chi connectivity index (χ3v) is 6.18. The Labute approximate surface area is 148 Å². The lowest BCUT2D eigenvalue weighted by molar-refractivity contribution is 0.255. The quantitative estimate of drug-likeness (QED) is 0.815. The molecule has 124 valence electrons. The van der Waals surface area contributed by atoms with Crippen LogP contribution in [-0.2, 0) is 6.42 Å². The van der Waals surface area contributed by atoms with Gasteiger partial charge in [0.2, 0.25) is 0 Å². The minimum atomic E-state index is 0.0931. The molecule has 0 saturated carbocycles. The Bertz CT molecular complexity index is 726. The number of pyridine rings is 1. The summed E-state index contributed by atoms with van der Waals surface area (Å²) in [5, 5.41) is 1.20. The molecule has 1 fully saturated rings. The summed E-state index contributed by atoms with van der Waals surface area (Å²) in [4.78, 5) is 12.2. The number of aryl methyl sites for hydroxylation is 1. The average Bonchev–Trinajstić information content (AvgIpc) is 3.21. The van der Waals surface area contributed by atoms with Crippen molar-refractivity contribution in [3.8, 4) is 0 Å². The van der Waals surface area contributed by atoms with E-state index in [2.05, 4.69) is 60.1 Å². The molecule has 0 bridgehead atoms. The summed E-state index contributed by atoms with van der Waals surface area (Å²) in [5.74, 6) is 1.15. The number of thioether (sulfide) groups is 1. The second-order valence-corrected chi connectivity index (χ2v) is 7.42. The fourth-order valence-electron chi connectivity index (χ4n) is 3.66. The Morgan fingerprint density at radius 1 is 1.12 bits per heavy atom. The normalized spacial score (nSPS) is 25.7. The standard InChI is InChI=1S/C20H23N3S/c1-3-14-8-10-15(11-9-14)19-18(17-7-5-6-12-21-17)22-20-23(19)16(4-2)13-24-20/h5-12,16,18-19H,3-4,13H2,1-2H3/t16-,18-,19-/m1/s1. The lowest BCUT2D eigenvalue weighted by Crippen LogP contribution is -2.35. The first kappa shape index (κ1) is 15.7. The zero-order valence-electron chi connectivity index (χ0n) is 14.2. The molecule has 0 unspecified atom stereocenters. The molecule has 2 aliphatic heterocycles. The van der Waals surface area contributed by atoms with E-state index in [1.807, 2.05) is 24.0 Å². The molecule has 3 atom stereocenters. The maximum atomic E-state index is 5.06. The highest BCUT2D eigenvalue weighted by molar-refractivity contribution is 8.14. The van der Waals surface area contributed by atoms with Crippen LogP contribution in [0.5, 0.6) is 0 Å². The van der Waals surface area contributed by atoms with Gasteiger partial charge in [0.25, 0.3) is 0 Å². The molecular formula is C20H23N3S. The number of rotatable bonds is 4. The Balaban J connectivity index is 1.76. The van der Waals surface area contributed by atoms with E-state index in [4.69, 9.17) is 4.99 Å². The van der Waals surface area contributed by atoms with Crippen LogP contribution in [0.1, 0.15) is 49.2 Å². The monoisotopic (exact) mass is 337 g/mol. The van der Waals surface area contributed by atoms with Gasteiger partial charge in [-0.3, -0.25) is 9.98 Å². The van der Waals surface area contributed by atoms with Gasteiger partial charge in [0.1, 0.15) is 6.04 Å². The van der Waals surface area contributed by atoms with Crippen molar-refractivity contribution in [3.05, 3.63) is 65.5 Å². The summed E-state index contributed by atoms with van der Waals surface area (Å²) in [7, 11) is 0. The molecule has 3 nitrogen and oxygen atoms in total. The average molecular weight is 337 g/mol. The van der Waals surface area contributed by atoms with E-state index in [9.17, 15) is 0 Å². The van der Waals surface area contributed by atoms with E-state index in [-0.39, 0.29) is 12.1 Å². The summed E-state index contributed by atoms with van der Waals surface area (Å²) in [5.41, 5.74) is 3.80. The van der Waals surface area contributed by atoms with Crippen LogP contribution in [-0.4, -0.2) is 26.8 Å². The summed E-state index contributed by atoms with van der Waals surface area (Å²) in [6.07, 6.45) is 4.11. The lowest BCUT2D eigenvalue weighted by atomic mass is 9.94. The number of nitrogens with zero attached hydrogens (tertiary/aromatic N) is 3. The highest BCUT2D eigenvalue weighted by Crippen LogP contribution is 2.48. The van der Waals surface area contributed by atoms with Crippen molar-refractivity contribution in [1.29, 1.82) is 0 Å². The van der Waals surface area contributed by atoms with Crippen molar-refractivity contribution in [2.24, 2.45) is 4.99 Å². The highest BCUT2D eigenvalue weighted by Gasteiger charge is 2.45. The van der Waals surface area contributed by atoms with E-state index in [1.165, 1.54) is 16.3 Å². The molecule has 1 aromatic carbocycles. The Morgan fingerprint density at radius 2 is 1.96 bits per heavy atom. The predicted molar refractivity (Wildman–Crippen MR) is 101 cm³/mol. The van der Waals surface area contributed by atoms with Crippen LogP contribution in [0, 0.1) is 0 Å². The maximum Gasteiger partial charge on any atom is 0.160 e. The molecule has 0 aliphatic carbocycles. The highest BCUT2D eigenvalue weighted by atomic mass is 32.2. The first-order valence-electron chi connectivity index (χ1n) is 8.80. The van der Waals surface area contributed by atoms with Gasteiger partial charge in [-0.15, -0.1) is 0 Å². The molecule has 2 aliphatic rings. The second kappa shape index (κ2) is 6.60. The van der Waals surface area contributed by atoms with Crippen LogP contribution >= 0.6 is 11.8 Å². The predicted octanol–water partition coefficient (Wildman–Crippen LogP) is 4.62. The first-order chi connectivity index (χ1) is 11.8. The second-order valence-electron chi connectivity index (χ2n) is 6.43. The van der Waals surface area contributed by atoms with E-state index in [0.717, 1.165) is 24.3 Å². The fourth-order valence-corrected chi connectivity index (χ4v) is 5.00. The molecule has 4 heteroatoms. The van der Waals surface area contributed by atoms with Crippen molar-refractivity contribution in [3.63, 3.8) is 0 Å². The summed E-state index contributed by atoms with van der Waals surface area (Å²) in [6.45, 7) is 4.48. The van der Waals surface area contributed by atoms with E-state index >= 15 is 0 Å². The van der Waals surface area contributed by atoms with Gasteiger partial charge in [-0.1, -0.05) is 55.9 Å². The van der Waals surface area contributed by atoms with Gasteiger partial charge in [0, 0.05) is 18.0 Å². The lowest BCUT2D eigenvalue weighted by Gasteiger charge is -2.32. The molecule has 0 spiro atoms. The van der Waals surface area contributed by atoms with Crippen molar-refractivity contribution < 1.29 is 0 Å². The molecule has 0 radical (unpaired) electrons. The fraction of sp³-hybridized carbons (Fsp3) is 0.400. The Kier molecular flexibility index (Phi) is 4.31. The molecule has 4 rings (SSSR count). The largest absolute Gasteiger partial charge is 0.338 e. The van der Waals surface area contributed by atoms with Crippen molar-refractivity contribution in [1.82, 2.24) is 9.88 Å². The van der Waals surface area contributed by atoms with Gasteiger partial charge in [0.05, 0.1) is 11.7 Å². The summed E-state index contributed by atoms with van der Waals surface area (Å²) in [6, 6.07) is 16.2. The summed E-state index contributed by atoms with van der Waals surface area (Å²) >= 11 is 1.90. The third kappa shape index (κ3) is 2.63. The smallest absolute Gasteiger partial charge is 0.160 e. The molecule has 3 heterocycles.